The van der Waals surface area contributed by atoms with E-state index >= 15 is 0 Å². The van der Waals surface area contributed by atoms with Gasteiger partial charge in [-0.15, -0.1) is 5.10 Å². The second-order valence-electron chi connectivity index (χ2n) is 8.76. The van der Waals surface area contributed by atoms with Crippen LogP contribution in [0.3, 0.4) is 0 Å². The Balaban J connectivity index is 1.28. The highest BCUT2D eigenvalue weighted by atomic mass is 35.5. The molecule has 6 rings (SSSR count). The minimum atomic E-state index is -0.389. The summed E-state index contributed by atoms with van der Waals surface area (Å²) in [6.07, 6.45) is 7.31. The third-order valence-corrected chi connectivity index (χ3v) is 7.40. The summed E-state index contributed by atoms with van der Waals surface area (Å²) in [6, 6.07) is 5.52. The van der Waals surface area contributed by atoms with E-state index in [2.05, 4.69) is 37.8 Å². The normalized spacial score (nSPS) is 19.2. The number of anilines is 4. The van der Waals surface area contributed by atoms with Crippen LogP contribution in [0.2, 0.25) is 4.34 Å². The maximum Gasteiger partial charge on any atom is 0.248 e. The van der Waals surface area contributed by atoms with E-state index in [1.54, 1.807) is 4.52 Å². The van der Waals surface area contributed by atoms with Crippen molar-refractivity contribution < 1.29 is 4.79 Å². The van der Waals surface area contributed by atoms with Crippen LogP contribution in [0.15, 0.2) is 30.6 Å². The molecule has 1 aliphatic heterocycles. The molecule has 1 amide bonds. The van der Waals surface area contributed by atoms with Gasteiger partial charge >= 0.3 is 0 Å². The fourth-order valence-electron chi connectivity index (χ4n) is 4.19. The quantitative estimate of drug-likeness (QED) is 0.380. The van der Waals surface area contributed by atoms with Crippen molar-refractivity contribution in [2.24, 2.45) is 0 Å². The van der Waals surface area contributed by atoms with Crippen LogP contribution in [0, 0.1) is 0 Å². The van der Waals surface area contributed by atoms with Crippen LogP contribution in [0.4, 0.5) is 22.7 Å². The van der Waals surface area contributed by atoms with Gasteiger partial charge in [0.2, 0.25) is 11.9 Å². The van der Waals surface area contributed by atoms with Gasteiger partial charge in [0.1, 0.15) is 15.9 Å². The number of amides is 1. The number of rotatable bonds is 6. The Labute approximate surface area is 198 Å². The van der Waals surface area contributed by atoms with Crippen molar-refractivity contribution in [1.82, 2.24) is 29.8 Å². The summed E-state index contributed by atoms with van der Waals surface area (Å²) in [4.78, 5) is 23.8. The number of hydrogen-bond acceptors (Lipinski definition) is 8. The van der Waals surface area contributed by atoms with Crippen molar-refractivity contribution in [1.29, 1.82) is 0 Å². The summed E-state index contributed by atoms with van der Waals surface area (Å²) in [5.41, 5.74) is 2.16. The average Bonchev–Trinajstić information content (AvgIpc) is 3.34. The van der Waals surface area contributed by atoms with Gasteiger partial charge in [0, 0.05) is 29.9 Å². The van der Waals surface area contributed by atoms with Crippen molar-refractivity contribution in [3.05, 3.63) is 40.6 Å². The minimum absolute atomic E-state index is 0.140. The molecular weight excluding hydrogens is 462 g/mol. The summed E-state index contributed by atoms with van der Waals surface area (Å²) in [5, 5.41) is 18.9. The molecule has 1 atom stereocenters. The maximum absolute atomic E-state index is 13.0. The SMILES string of the molecule is CC1(c2cc(Nc3nc(N4CCC[C@H]4C(=O)Nc4ncc(Cl)s4)nn4cccc34)n[nH]2)CC1. The Morgan fingerprint density at radius 2 is 2.27 bits per heavy atom. The molecule has 2 aliphatic rings. The lowest BCUT2D eigenvalue weighted by Gasteiger charge is -2.24. The fourth-order valence-corrected chi connectivity index (χ4v) is 5.00. The molecule has 33 heavy (non-hydrogen) atoms. The van der Waals surface area contributed by atoms with Gasteiger partial charge in [0.25, 0.3) is 0 Å². The van der Waals surface area contributed by atoms with Crippen molar-refractivity contribution in [3.63, 3.8) is 0 Å². The number of carbonyl (C=O) groups is 1. The molecule has 10 nitrogen and oxygen atoms in total. The van der Waals surface area contributed by atoms with Gasteiger partial charge in [-0.1, -0.05) is 29.9 Å². The lowest BCUT2D eigenvalue weighted by molar-refractivity contribution is -0.117. The van der Waals surface area contributed by atoms with Crippen molar-refractivity contribution >= 4 is 57.1 Å². The summed E-state index contributed by atoms with van der Waals surface area (Å²) in [7, 11) is 0. The Kier molecular flexibility index (Phi) is 4.77. The van der Waals surface area contributed by atoms with Crippen LogP contribution in [-0.2, 0) is 10.2 Å². The number of aromatic nitrogens is 6. The molecule has 0 aromatic carbocycles. The molecular formula is C21H22ClN9OS. The lowest BCUT2D eigenvalue weighted by atomic mass is 10.1. The molecule has 12 heteroatoms. The zero-order valence-electron chi connectivity index (χ0n) is 17.9. The first-order chi connectivity index (χ1) is 16.0. The first kappa shape index (κ1) is 20.4. The van der Waals surface area contributed by atoms with E-state index in [4.69, 9.17) is 16.6 Å². The topological polar surface area (TPSA) is 116 Å². The lowest BCUT2D eigenvalue weighted by Crippen LogP contribution is -2.40. The van der Waals surface area contributed by atoms with E-state index in [1.807, 2.05) is 29.3 Å². The van der Waals surface area contributed by atoms with Crippen LogP contribution in [0.25, 0.3) is 5.52 Å². The average molecular weight is 484 g/mol. The van der Waals surface area contributed by atoms with Crippen molar-refractivity contribution in [3.8, 4) is 0 Å². The van der Waals surface area contributed by atoms with Crippen LogP contribution in [0.1, 0.15) is 38.3 Å². The number of nitrogens with one attached hydrogen (secondary N) is 3. The highest BCUT2D eigenvalue weighted by Crippen LogP contribution is 2.47. The van der Waals surface area contributed by atoms with E-state index in [-0.39, 0.29) is 17.4 Å². The number of hydrogen-bond donors (Lipinski definition) is 3. The Bertz CT molecular complexity index is 1340. The van der Waals surface area contributed by atoms with Gasteiger partial charge in [0.05, 0.1) is 6.20 Å². The third-order valence-electron chi connectivity index (χ3n) is 6.37. The van der Waals surface area contributed by atoms with E-state index in [9.17, 15) is 4.79 Å². The number of aromatic amines is 1. The summed E-state index contributed by atoms with van der Waals surface area (Å²) >= 11 is 7.18. The maximum atomic E-state index is 13.0. The molecule has 1 saturated carbocycles. The first-order valence-corrected chi connectivity index (χ1v) is 12.1. The Morgan fingerprint density at radius 1 is 1.39 bits per heavy atom. The molecule has 2 fully saturated rings. The summed E-state index contributed by atoms with van der Waals surface area (Å²) in [6.45, 7) is 2.92. The number of fused-ring (bicyclic) bond motifs is 1. The van der Waals surface area contributed by atoms with Crippen LogP contribution >= 0.6 is 22.9 Å². The van der Waals surface area contributed by atoms with E-state index in [0.29, 0.717) is 40.0 Å². The molecule has 0 bridgehead atoms. The van der Waals surface area contributed by atoms with Gasteiger partial charge in [0.15, 0.2) is 16.8 Å². The van der Waals surface area contributed by atoms with Crippen LogP contribution in [0.5, 0.6) is 0 Å². The van der Waals surface area contributed by atoms with E-state index in [0.717, 1.165) is 17.6 Å². The smallest absolute Gasteiger partial charge is 0.248 e. The van der Waals surface area contributed by atoms with Gasteiger partial charge < -0.3 is 15.5 Å². The van der Waals surface area contributed by atoms with Crippen LogP contribution < -0.4 is 15.5 Å². The molecule has 0 unspecified atom stereocenters. The van der Waals surface area contributed by atoms with Gasteiger partial charge in [-0.2, -0.15) is 10.1 Å². The molecule has 4 aromatic heterocycles. The Morgan fingerprint density at radius 3 is 3.06 bits per heavy atom. The van der Waals surface area contributed by atoms with E-state index < -0.39 is 0 Å². The zero-order valence-corrected chi connectivity index (χ0v) is 19.4. The summed E-state index contributed by atoms with van der Waals surface area (Å²) < 4.78 is 2.30. The first-order valence-electron chi connectivity index (χ1n) is 10.9. The second kappa shape index (κ2) is 7.70. The van der Waals surface area contributed by atoms with Gasteiger partial charge in [-0.25, -0.2) is 9.50 Å². The largest absolute Gasteiger partial charge is 0.327 e. The minimum Gasteiger partial charge on any atom is -0.327 e. The van der Waals surface area contributed by atoms with Gasteiger partial charge in [-0.05, 0) is 37.8 Å². The third kappa shape index (κ3) is 3.80. The van der Waals surface area contributed by atoms with Crippen molar-refractivity contribution in [2.75, 3.05) is 22.1 Å². The second-order valence-corrected chi connectivity index (χ2v) is 10.4. The molecule has 1 saturated heterocycles. The molecule has 1 aliphatic carbocycles. The fraction of sp³-hybridized carbons (Fsp3) is 0.381. The molecule has 0 radical (unpaired) electrons. The number of H-pyrrole nitrogens is 1. The number of halogens is 1. The number of carbonyl (C=O) groups excluding carboxylic acids is 1. The molecule has 3 N–H and O–H groups in total. The molecule has 170 valence electrons. The summed E-state index contributed by atoms with van der Waals surface area (Å²) in [5.74, 6) is 1.70. The van der Waals surface area contributed by atoms with Gasteiger partial charge in [-0.3, -0.25) is 9.89 Å². The van der Waals surface area contributed by atoms with Crippen molar-refractivity contribution in [2.45, 2.75) is 44.1 Å². The highest BCUT2D eigenvalue weighted by molar-refractivity contribution is 7.19. The number of nitrogens with zero attached hydrogens (tertiary/aromatic N) is 6. The monoisotopic (exact) mass is 483 g/mol. The standard InChI is InChI=1S/C21H22ClN9OS/c1-21(6-7-21)14-10-16(28-27-14)24-17-12-4-3-9-31(12)29-19(25-17)30-8-2-5-13(30)18(32)26-20-23-11-15(22)33-20/h3-4,9-11,13H,2,5-8H2,1H3,(H,23,26,32)(H2,24,25,27,28,29)/t13-/m0/s1. The molecule has 0 spiro atoms. The van der Waals surface area contributed by atoms with Crippen LogP contribution in [-0.4, -0.2) is 48.3 Å². The zero-order chi connectivity index (χ0) is 22.6. The predicted molar refractivity (Wildman–Crippen MR) is 128 cm³/mol. The molecule has 5 heterocycles. The number of thiazole rings is 1. The molecule has 4 aromatic rings. The van der Waals surface area contributed by atoms with E-state index in [1.165, 1.54) is 30.4 Å². The predicted octanol–water partition coefficient (Wildman–Crippen LogP) is 3.96. The highest BCUT2D eigenvalue weighted by Gasteiger charge is 2.40. The Hall–Kier alpha value is -3.18.